The molecular weight excluding hydrogens is 312 g/mol. The van der Waals surface area contributed by atoms with Gasteiger partial charge in [-0.15, -0.1) is 11.8 Å². The number of thioether (sulfide) groups is 1. The van der Waals surface area contributed by atoms with E-state index in [0.717, 1.165) is 10.4 Å². The van der Waals surface area contributed by atoms with Crippen molar-refractivity contribution in [3.05, 3.63) is 35.6 Å². The first kappa shape index (κ1) is 16.1. The van der Waals surface area contributed by atoms with Crippen molar-refractivity contribution < 1.29 is 0 Å². The zero-order valence-electron chi connectivity index (χ0n) is 13.1. The molecule has 2 heterocycles. The predicted octanol–water partition coefficient (Wildman–Crippen LogP) is 5.24. The van der Waals surface area contributed by atoms with Crippen molar-refractivity contribution >= 4 is 34.1 Å². The van der Waals surface area contributed by atoms with Crippen molar-refractivity contribution in [1.82, 2.24) is 9.88 Å². The number of fused-ring (bicyclic) bond motifs is 1. The topological polar surface area (TPSA) is 16.1 Å². The Hall–Kier alpha value is -0.770. The molecule has 4 heteroatoms. The molecule has 1 saturated heterocycles. The van der Waals surface area contributed by atoms with Gasteiger partial charge in [0.05, 0.1) is 5.02 Å². The second-order valence-electron chi connectivity index (χ2n) is 6.02. The summed E-state index contributed by atoms with van der Waals surface area (Å²) in [5.74, 6) is 0. The molecule has 3 rings (SSSR count). The van der Waals surface area contributed by atoms with E-state index in [9.17, 15) is 0 Å². The van der Waals surface area contributed by atoms with E-state index in [2.05, 4.69) is 28.9 Å². The molecule has 2 nitrogen and oxygen atoms in total. The molecule has 118 valence electrons. The van der Waals surface area contributed by atoms with Crippen LogP contribution in [0.25, 0.3) is 10.8 Å². The minimum atomic E-state index is 0.690. The molecule has 1 aromatic heterocycles. The molecule has 0 spiro atoms. The summed E-state index contributed by atoms with van der Waals surface area (Å²) in [4.78, 5) is 7.98. The highest BCUT2D eigenvalue weighted by molar-refractivity contribution is 8.00. The maximum Gasteiger partial charge on any atom is 0.0548 e. The van der Waals surface area contributed by atoms with Crippen molar-refractivity contribution in [2.24, 2.45) is 0 Å². The second-order valence-corrected chi connectivity index (χ2v) is 7.77. The van der Waals surface area contributed by atoms with E-state index in [-0.39, 0.29) is 0 Å². The largest absolute Gasteiger partial charge is 0.303 e. The van der Waals surface area contributed by atoms with Gasteiger partial charge in [-0.1, -0.05) is 24.9 Å². The zero-order valence-corrected chi connectivity index (χ0v) is 14.7. The molecule has 0 N–H and O–H groups in total. The molecule has 0 saturated carbocycles. The van der Waals surface area contributed by atoms with Gasteiger partial charge in [0.25, 0.3) is 0 Å². The van der Waals surface area contributed by atoms with Crippen LogP contribution in [0.1, 0.15) is 32.6 Å². The van der Waals surface area contributed by atoms with Crippen LogP contribution in [0.5, 0.6) is 0 Å². The van der Waals surface area contributed by atoms with Gasteiger partial charge in [0.2, 0.25) is 0 Å². The molecule has 0 aliphatic carbocycles. The molecule has 0 radical (unpaired) electrons. The van der Waals surface area contributed by atoms with Gasteiger partial charge in [0.15, 0.2) is 0 Å². The number of aromatic nitrogens is 1. The van der Waals surface area contributed by atoms with Crippen LogP contribution in [0.3, 0.4) is 0 Å². The van der Waals surface area contributed by atoms with Crippen LogP contribution < -0.4 is 0 Å². The molecular formula is C18H23ClN2S. The van der Waals surface area contributed by atoms with Crippen molar-refractivity contribution in [3.8, 4) is 0 Å². The van der Waals surface area contributed by atoms with E-state index in [4.69, 9.17) is 11.6 Å². The molecule has 2 aromatic rings. The highest BCUT2D eigenvalue weighted by Crippen LogP contribution is 2.37. The molecule has 1 fully saturated rings. The number of hydrogen-bond acceptors (Lipinski definition) is 3. The van der Waals surface area contributed by atoms with Crippen LogP contribution in [0.15, 0.2) is 35.5 Å². The quantitative estimate of drug-likeness (QED) is 0.743. The van der Waals surface area contributed by atoms with Gasteiger partial charge in [-0.05, 0) is 62.5 Å². The summed E-state index contributed by atoms with van der Waals surface area (Å²) in [6.45, 7) is 5.98. The lowest BCUT2D eigenvalue weighted by Crippen LogP contribution is -2.35. The van der Waals surface area contributed by atoms with E-state index in [0.29, 0.717) is 5.25 Å². The fourth-order valence-electron chi connectivity index (χ4n) is 2.99. The number of unbranched alkanes of at least 4 members (excludes halogenated alkanes) is 1. The Labute approximate surface area is 142 Å². The van der Waals surface area contributed by atoms with Gasteiger partial charge >= 0.3 is 0 Å². The number of hydrogen-bond donors (Lipinski definition) is 0. The Kier molecular flexibility index (Phi) is 5.61. The Morgan fingerprint density at radius 2 is 2.09 bits per heavy atom. The third-order valence-corrected chi connectivity index (χ3v) is 6.17. The van der Waals surface area contributed by atoms with Gasteiger partial charge in [-0.3, -0.25) is 4.98 Å². The molecule has 1 aliphatic rings. The van der Waals surface area contributed by atoms with Crippen molar-refractivity contribution in [3.63, 3.8) is 0 Å². The van der Waals surface area contributed by atoms with Crippen LogP contribution in [0.2, 0.25) is 5.02 Å². The van der Waals surface area contributed by atoms with E-state index in [1.54, 1.807) is 0 Å². The molecule has 1 aliphatic heterocycles. The lowest BCUT2D eigenvalue weighted by atomic mass is 10.1. The van der Waals surface area contributed by atoms with Gasteiger partial charge < -0.3 is 4.90 Å². The Morgan fingerprint density at radius 1 is 1.27 bits per heavy atom. The van der Waals surface area contributed by atoms with Gasteiger partial charge in [-0.25, -0.2) is 0 Å². The van der Waals surface area contributed by atoms with Crippen LogP contribution in [-0.2, 0) is 0 Å². The molecule has 0 atom stereocenters. The SMILES string of the molecule is CCCCN1CCC(Sc2cc3ccncc3cc2Cl)CC1. The van der Waals surface area contributed by atoms with Crippen molar-refractivity contribution in [1.29, 1.82) is 0 Å². The average molecular weight is 335 g/mol. The third-order valence-electron chi connectivity index (χ3n) is 4.35. The summed E-state index contributed by atoms with van der Waals surface area (Å²) in [5, 5.41) is 3.89. The Balaban J connectivity index is 1.63. The number of benzene rings is 1. The number of piperidine rings is 1. The summed E-state index contributed by atoms with van der Waals surface area (Å²) in [5.41, 5.74) is 0. The normalized spacial score (nSPS) is 17.2. The number of pyridine rings is 1. The maximum absolute atomic E-state index is 6.46. The summed E-state index contributed by atoms with van der Waals surface area (Å²) in [6, 6.07) is 6.32. The lowest BCUT2D eigenvalue weighted by molar-refractivity contribution is 0.229. The highest BCUT2D eigenvalue weighted by Gasteiger charge is 2.20. The molecule has 22 heavy (non-hydrogen) atoms. The monoisotopic (exact) mass is 334 g/mol. The molecule has 0 unspecified atom stereocenters. The molecule has 0 amide bonds. The van der Waals surface area contributed by atoms with Crippen LogP contribution in [0, 0.1) is 0 Å². The van der Waals surface area contributed by atoms with Crippen molar-refractivity contribution in [2.75, 3.05) is 19.6 Å². The Morgan fingerprint density at radius 3 is 2.86 bits per heavy atom. The summed E-state index contributed by atoms with van der Waals surface area (Å²) < 4.78 is 0. The van der Waals surface area contributed by atoms with Crippen molar-refractivity contribution in [2.45, 2.75) is 42.8 Å². The zero-order chi connectivity index (χ0) is 15.4. The third kappa shape index (κ3) is 3.95. The van der Waals surface area contributed by atoms with Gasteiger partial charge in [0.1, 0.15) is 0 Å². The summed E-state index contributed by atoms with van der Waals surface area (Å²) in [6.07, 6.45) is 8.86. The summed E-state index contributed by atoms with van der Waals surface area (Å²) in [7, 11) is 0. The van der Waals surface area contributed by atoms with Crippen LogP contribution in [-0.4, -0.2) is 34.8 Å². The fraction of sp³-hybridized carbons (Fsp3) is 0.500. The first-order valence-corrected chi connectivity index (χ1v) is 9.44. The standard InChI is InChI=1S/C18H23ClN2S/c1-2-3-8-21-9-5-16(6-10-21)22-18-12-14-4-7-20-13-15(14)11-17(18)19/h4,7,11-13,16H,2-3,5-6,8-10H2,1H3. The van der Waals surface area contributed by atoms with E-state index in [1.807, 2.05) is 30.2 Å². The minimum absolute atomic E-state index is 0.690. The van der Waals surface area contributed by atoms with E-state index in [1.165, 1.54) is 55.6 Å². The number of halogens is 1. The average Bonchev–Trinajstić information content (AvgIpc) is 2.55. The van der Waals surface area contributed by atoms with Gasteiger partial charge in [-0.2, -0.15) is 0 Å². The van der Waals surface area contributed by atoms with Crippen LogP contribution in [0.4, 0.5) is 0 Å². The lowest BCUT2D eigenvalue weighted by Gasteiger charge is -2.31. The smallest absolute Gasteiger partial charge is 0.0548 e. The number of rotatable bonds is 5. The fourth-order valence-corrected chi connectivity index (χ4v) is 4.47. The van der Waals surface area contributed by atoms with E-state index >= 15 is 0 Å². The first-order chi connectivity index (χ1) is 10.8. The molecule has 1 aromatic carbocycles. The minimum Gasteiger partial charge on any atom is -0.303 e. The Bertz CT molecular complexity index is 624. The first-order valence-electron chi connectivity index (χ1n) is 8.18. The molecule has 0 bridgehead atoms. The van der Waals surface area contributed by atoms with E-state index < -0.39 is 0 Å². The maximum atomic E-state index is 6.46. The number of nitrogens with zero attached hydrogens (tertiary/aromatic N) is 2. The number of likely N-dealkylation sites (tertiary alicyclic amines) is 1. The highest BCUT2D eigenvalue weighted by atomic mass is 35.5. The van der Waals surface area contributed by atoms with Gasteiger partial charge in [0, 0.05) is 27.9 Å². The predicted molar refractivity (Wildman–Crippen MR) is 97.0 cm³/mol. The van der Waals surface area contributed by atoms with Crippen LogP contribution >= 0.6 is 23.4 Å². The second kappa shape index (κ2) is 7.67. The summed E-state index contributed by atoms with van der Waals surface area (Å²) >= 11 is 8.41.